The average molecular weight is 299 g/mol. The molecule has 116 valence electrons. The third-order valence-electron chi connectivity index (χ3n) is 4.72. The zero-order valence-electron chi connectivity index (χ0n) is 13.3. The molecule has 5 heteroatoms. The van der Waals surface area contributed by atoms with Crippen LogP contribution in [0.1, 0.15) is 46.5 Å². The van der Waals surface area contributed by atoms with E-state index in [9.17, 15) is 4.79 Å². The van der Waals surface area contributed by atoms with E-state index in [1.165, 1.54) is 0 Å². The highest BCUT2D eigenvalue weighted by Crippen LogP contribution is 2.31. The van der Waals surface area contributed by atoms with Gasteiger partial charge >= 0.3 is 0 Å². The first-order chi connectivity index (χ1) is 9.42. The summed E-state index contributed by atoms with van der Waals surface area (Å²) in [6.45, 7) is 8.94. The highest BCUT2D eigenvalue weighted by atomic mass is 32.1. The molecule has 0 aromatic carbocycles. The van der Waals surface area contributed by atoms with Crippen LogP contribution in [-0.4, -0.2) is 53.4 Å². The van der Waals surface area contributed by atoms with Crippen LogP contribution in [0.15, 0.2) is 0 Å². The van der Waals surface area contributed by atoms with Crippen LogP contribution in [0.25, 0.3) is 0 Å². The number of carbonyl (C=O) groups excluding carboxylic acids is 1. The summed E-state index contributed by atoms with van der Waals surface area (Å²) in [5.41, 5.74) is 5.27. The van der Waals surface area contributed by atoms with Gasteiger partial charge in [-0.1, -0.05) is 33.0 Å². The van der Waals surface area contributed by atoms with Crippen molar-refractivity contribution in [2.75, 3.05) is 26.7 Å². The molecular weight excluding hydrogens is 270 g/mol. The number of hydrogen-bond donors (Lipinski definition) is 1. The van der Waals surface area contributed by atoms with Gasteiger partial charge in [-0.05, 0) is 39.3 Å². The zero-order valence-corrected chi connectivity index (χ0v) is 14.1. The average Bonchev–Trinajstić information content (AvgIpc) is 2.61. The highest BCUT2D eigenvalue weighted by molar-refractivity contribution is 7.80. The first kappa shape index (κ1) is 17.4. The summed E-state index contributed by atoms with van der Waals surface area (Å²) in [5.74, 6) is 0.136. The topological polar surface area (TPSA) is 49.6 Å². The minimum absolute atomic E-state index is 0.136. The molecule has 1 saturated heterocycles. The Bertz CT molecular complexity index is 355. The molecule has 20 heavy (non-hydrogen) atoms. The highest BCUT2D eigenvalue weighted by Gasteiger charge is 2.43. The molecule has 0 aliphatic carbocycles. The maximum absolute atomic E-state index is 13.1. The van der Waals surface area contributed by atoms with Gasteiger partial charge in [0.25, 0.3) is 0 Å². The molecular formula is C15H29N3OS. The standard InChI is InChI=1S/C15H29N3OS/c1-5-12-11-17(4)9-8-10-18(12)14(19)15(6-2,7-3)13(16)20/h12H,5-11H2,1-4H3,(H2,16,20). The van der Waals surface area contributed by atoms with Crippen molar-refractivity contribution in [3.8, 4) is 0 Å². The molecule has 0 bridgehead atoms. The van der Waals surface area contributed by atoms with Crippen molar-refractivity contribution < 1.29 is 4.79 Å². The van der Waals surface area contributed by atoms with Crippen LogP contribution >= 0.6 is 12.2 Å². The van der Waals surface area contributed by atoms with Gasteiger partial charge in [0.2, 0.25) is 5.91 Å². The third kappa shape index (κ3) is 3.31. The molecule has 0 aromatic heterocycles. The van der Waals surface area contributed by atoms with Crippen molar-refractivity contribution in [2.24, 2.45) is 11.1 Å². The summed E-state index contributed by atoms with van der Waals surface area (Å²) < 4.78 is 0. The number of nitrogens with two attached hydrogens (primary N) is 1. The van der Waals surface area contributed by atoms with Gasteiger partial charge in [-0.25, -0.2) is 0 Å². The van der Waals surface area contributed by atoms with E-state index in [1.807, 2.05) is 18.7 Å². The molecule has 0 saturated carbocycles. The largest absolute Gasteiger partial charge is 0.392 e. The third-order valence-corrected chi connectivity index (χ3v) is 5.11. The first-order valence-electron chi connectivity index (χ1n) is 7.72. The van der Waals surface area contributed by atoms with Crippen molar-refractivity contribution in [3.63, 3.8) is 0 Å². The van der Waals surface area contributed by atoms with E-state index in [0.29, 0.717) is 17.8 Å². The fraction of sp³-hybridized carbons (Fsp3) is 0.867. The van der Waals surface area contributed by atoms with Crippen LogP contribution in [0.3, 0.4) is 0 Å². The van der Waals surface area contributed by atoms with Crippen LogP contribution in [0.2, 0.25) is 0 Å². The fourth-order valence-electron chi connectivity index (χ4n) is 3.14. The lowest BCUT2D eigenvalue weighted by Crippen LogP contribution is -2.54. The number of thiocarbonyl (C=S) groups is 1. The Balaban J connectivity index is 3.05. The molecule has 1 aliphatic rings. The maximum Gasteiger partial charge on any atom is 0.235 e. The van der Waals surface area contributed by atoms with Gasteiger partial charge in [0.1, 0.15) is 0 Å². The van der Waals surface area contributed by atoms with E-state index in [1.54, 1.807) is 0 Å². The second-order valence-corrected chi connectivity index (χ2v) is 6.27. The number of likely N-dealkylation sites (N-methyl/N-ethyl adjacent to an activating group) is 1. The lowest BCUT2D eigenvalue weighted by molar-refractivity contribution is -0.141. The van der Waals surface area contributed by atoms with Crippen LogP contribution in [0.4, 0.5) is 0 Å². The zero-order chi connectivity index (χ0) is 15.3. The van der Waals surface area contributed by atoms with Crippen LogP contribution in [0, 0.1) is 5.41 Å². The van der Waals surface area contributed by atoms with Crippen molar-refractivity contribution in [2.45, 2.75) is 52.5 Å². The van der Waals surface area contributed by atoms with Gasteiger partial charge in [-0.3, -0.25) is 4.79 Å². The van der Waals surface area contributed by atoms with E-state index in [4.69, 9.17) is 18.0 Å². The second kappa shape index (κ2) is 7.36. The monoisotopic (exact) mass is 299 g/mol. The Morgan fingerprint density at radius 3 is 2.35 bits per heavy atom. The molecule has 4 nitrogen and oxygen atoms in total. The van der Waals surface area contributed by atoms with Gasteiger partial charge in [0.05, 0.1) is 10.4 Å². The lowest BCUT2D eigenvalue weighted by Gasteiger charge is -2.38. The van der Waals surface area contributed by atoms with Gasteiger partial charge in [-0.2, -0.15) is 0 Å². The summed E-state index contributed by atoms with van der Waals surface area (Å²) in [7, 11) is 2.12. The van der Waals surface area contributed by atoms with E-state index >= 15 is 0 Å². The number of amides is 1. The van der Waals surface area contributed by atoms with Gasteiger partial charge < -0.3 is 15.5 Å². The molecule has 1 fully saturated rings. The predicted octanol–water partition coefficient (Wildman–Crippen LogP) is 2.02. The van der Waals surface area contributed by atoms with E-state index in [-0.39, 0.29) is 11.9 Å². The normalized spacial score (nSPS) is 21.6. The minimum Gasteiger partial charge on any atom is -0.392 e. The number of carbonyl (C=O) groups is 1. The first-order valence-corrected chi connectivity index (χ1v) is 8.13. The molecule has 0 radical (unpaired) electrons. The fourth-order valence-corrected chi connectivity index (χ4v) is 3.52. The lowest BCUT2D eigenvalue weighted by atomic mass is 9.80. The van der Waals surface area contributed by atoms with Crippen molar-refractivity contribution in [1.29, 1.82) is 0 Å². The number of hydrogen-bond acceptors (Lipinski definition) is 3. The molecule has 1 heterocycles. The van der Waals surface area contributed by atoms with E-state index in [2.05, 4.69) is 18.9 Å². The van der Waals surface area contributed by atoms with E-state index < -0.39 is 5.41 Å². The second-order valence-electron chi connectivity index (χ2n) is 5.83. The number of rotatable bonds is 5. The smallest absolute Gasteiger partial charge is 0.235 e. The minimum atomic E-state index is -0.661. The van der Waals surface area contributed by atoms with Gasteiger partial charge in [-0.15, -0.1) is 0 Å². The van der Waals surface area contributed by atoms with Crippen molar-refractivity contribution >= 4 is 23.1 Å². The molecule has 1 amide bonds. The van der Waals surface area contributed by atoms with Gasteiger partial charge in [0.15, 0.2) is 0 Å². The Morgan fingerprint density at radius 2 is 1.90 bits per heavy atom. The summed E-state index contributed by atoms with van der Waals surface area (Å²) >= 11 is 5.22. The molecule has 1 rings (SSSR count). The maximum atomic E-state index is 13.1. The molecule has 1 atom stereocenters. The van der Waals surface area contributed by atoms with Gasteiger partial charge in [0, 0.05) is 19.1 Å². The molecule has 1 aliphatic heterocycles. The summed E-state index contributed by atoms with van der Waals surface area (Å²) in [6, 6.07) is 0.266. The Morgan fingerprint density at radius 1 is 1.30 bits per heavy atom. The quantitative estimate of drug-likeness (QED) is 0.789. The number of nitrogens with zero attached hydrogens (tertiary/aromatic N) is 2. The molecule has 0 spiro atoms. The Labute approximate surface area is 128 Å². The van der Waals surface area contributed by atoms with Crippen molar-refractivity contribution in [1.82, 2.24) is 9.80 Å². The van der Waals surface area contributed by atoms with E-state index in [0.717, 1.165) is 32.5 Å². The molecule has 0 aromatic rings. The molecule has 2 N–H and O–H groups in total. The Hall–Kier alpha value is -0.680. The summed E-state index contributed by atoms with van der Waals surface area (Å²) in [5, 5.41) is 0. The summed E-state index contributed by atoms with van der Waals surface area (Å²) in [4.78, 5) is 17.8. The van der Waals surface area contributed by atoms with Crippen molar-refractivity contribution in [3.05, 3.63) is 0 Å². The predicted molar refractivity (Wildman–Crippen MR) is 87.7 cm³/mol. The summed E-state index contributed by atoms with van der Waals surface area (Å²) in [6.07, 6.45) is 3.34. The molecule has 1 unspecified atom stereocenters. The Kier molecular flexibility index (Phi) is 6.40. The van der Waals surface area contributed by atoms with Crippen LogP contribution in [-0.2, 0) is 4.79 Å². The van der Waals surface area contributed by atoms with Crippen LogP contribution in [0.5, 0.6) is 0 Å². The van der Waals surface area contributed by atoms with Crippen LogP contribution < -0.4 is 5.73 Å². The SMILES string of the molecule is CCC1CN(C)CCCN1C(=O)C(CC)(CC)C(N)=S.